The Bertz CT molecular complexity index is 412. The van der Waals surface area contributed by atoms with Gasteiger partial charge in [-0.05, 0) is 12.5 Å². The number of carbonyl (C=O) groups is 1. The number of hydrogen-bond acceptors (Lipinski definition) is 4. The predicted octanol–water partition coefficient (Wildman–Crippen LogP) is 1.10. The lowest BCUT2D eigenvalue weighted by atomic mass is 10.1. The van der Waals surface area contributed by atoms with Gasteiger partial charge in [-0.3, -0.25) is 4.79 Å². The van der Waals surface area contributed by atoms with Crippen molar-refractivity contribution in [3.05, 3.63) is 23.7 Å². The number of hydrogen-bond donors (Lipinski definition) is 3. The predicted molar refractivity (Wildman–Crippen MR) is 63.0 cm³/mol. The molecule has 1 amide bonds. The van der Waals surface area contributed by atoms with E-state index in [0.717, 1.165) is 0 Å². The van der Waals surface area contributed by atoms with E-state index in [9.17, 15) is 4.79 Å². The average molecular weight is 239 g/mol. The first kappa shape index (κ1) is 13.1. The molecule has 0 bridgehead atoms. The molecule has 0 saturated heterocycles. The Morgan fingerprint density at radius 1 is 1.65 bits per heavy atom. The highest BCUT2D eigenvalue weighted by molar-refractivity contribution is 5.98. The van der Waals surface area contributed by atoms with Crippen molar-refractivity contribution in [2.45, 2.75) is 32.7 Å². The van der Waals surface area contributed by atoms with E-state index in [0.29, 0.717) is 24.2 Å². The van der Waals surface area contributed by atoms with Crippen LogP contribution in [0.5, 0.6) is 0 Å². The first-order valence-corrected chi connectivity index (χ1v) is 5.48. The minimum atomic E-state index is -0.480. The third-order valence-corrected chi connectivity index (χ3v) is 2.50. The molecule has 0 radical (unpaired) electrons. The molecule has 17 heavy (non-hydrogen) atoms. The third kappa shape index (κ3) is 2.99. The molecule has 0 aliphatic heterocycles. The number of amidine groups is 1. The van der Waals surface area contributed by atoms with Gasteiger partial charge in [0.25, 0.3) is 5.91 Å². The van der Waals surface area contributed by atoms with E-state index in [4.69, 9.17) is 15.4 Å². The van der Waals surface area contributed by atoms with Gasteiger partial charge in [0.1, 0.15) is 5.76 Å². The van der Waals surface area contributed by atoms with E-state index in [1.165, 1.54) is 6.26 Å². The maximum absolute atomic E-state index is 11.9. The first-order valence-electron chi connectivity index (χ1n) is 5.48. The number of nitrogens with zero attached hydrogens (tertiary/aromatic N) is 1. The summed E-state index contributed by atoms with van der Waals surface area (Å²) in [6.07, 6.45) is 2.65. The van der Waals surface area contributed by atoms with Crippen LogP contribution < -0.4 is 11.1 Å². The summed E-state index contributed by atoms with van der Waals surface area (Å²) in [6, 6.07) is 1.12. The van der Waals surface area contributed by atoms with Crippen LogP contribution >= 0.6 is 0 Å². The van der Waals surface area contributed by atoms with Gasteiger partial charge in [-0.1, -0.05) is 19.0 Å². The number of furan rings is 1. The van der Waals surface area contributed by atoms with Gasteiger partial charge in [0.2, 0.25) is 0 Å². The van der Waals surface area contributed by atoms with E-state index in [1.54, 1.807) is 6.07 Å². The van der Waals surface area contributed by atoms with E-state index in [2.05, 4.69) is 10.5 Å². The molecule has 0 aromatic carbocycles. The van der Waals surface area contributed by atoms with Crippen LogP contribution in [0.15, 0.2) is 21.9 Å². The number of amides is 1. The zero-order chi connectivity index (χ0) is 12.8. The van der Waals surface area contributed by atoms with Crippen molar-refractivity contribution < 1.29 is 14.4 Å². The largest absolute Gasteiger partial charge is 0.469 e. The maximum Gasteiger partial charge on any atom is 0.255 e. The molecule has 0 aliphatic carbocycles. The van der Waals surface area contributed by atoms with Crippen molar-refractivity contribution in [2.24, 2.45) is 10.9 Å². The summed E-state index contributed by atoms with van der Waals surface area (Å²) >= 11 is 0. The Kier molecular flexibility index (Phi) is 4.56. The fourth-order valence-electron chi connectivity index (χ4n) is 1.51. The number of rotatable bonds is 5. The molecule has 0 saturated carbocycles. The lowest BCUT2D eigenvalue weighted by Crippen LogP contribution is -2.44. The average Bonchev–Trinajstić information content (AvgIpc) is 2.82. The molecule has 4 N–H and O–H groups in total. The van der Waals surface area contributed by atoms with Crippen molar-refractivity contribution in [1.29, 1.82) is 0 Å². The van der Waals surface area contributed by atoms with Crippen LogP contribution in [-0.4, -0.2) is 23.0 Å². The van der Waals surface area contributed by atoms with Crippen LogP contribution in [0.2, 0.25) is 0 Å². The monoisotopic (exact) mass is 239 g/mol. The molecular weight excluding hydrogens is 222 g/mol. The van der Waals surface area contributed by atoms with Gasteiger partial charge in [-0.2, -0.15) is 0 Å². The Labute approximate surface area is 99.5 Å². The van der Waals surface area contributed by atoms with Crippen molar-refractivity contribution >= 4 is 11.7 Å². The highest BCUT2D eigenvalue weighted by atomic mass is 16.4. The van der Waals surface area contributed by atoms with E-state index >= 15 is 0 Å². The summed E-state index contributed by atoms with van der Waals surface area (Å²) in [5.74, 6) is 0.327. The molecule has 0 fully saturated rings. The zero-order valence-electron chi connectivity index (χ0n) is 9.93. The summed E-state index contributed by atoms with van der Waals surface area (Å²) in [7, 11) is 0. The highest BCUT2D eigenvalue weighted by Crippen LogP contribution is 2.11. The van der Waals surface area contributed by atoms with Crippen LogP contribution in [0, 0.1) is 0 Å². The highest BCUT2D eigenvalue weighted by Gasteiger charge is 2.19. The Morgan fingerprint density at radius 3 is 2.88 bits per heavy atom. The van der Waals surface area contributed by atoms with Crippen molar-refractivity contribution in [1.82, 2.24) is 5.32 Å². The molecule has 1 aromatic rings. The van der Waals surface area contributed by atoms with Gasteiger partial charge >= 0.3 is 0 Å². The second-order valence-corrected chi connectivity index (χ2v) is 3.57. The van der Waals surface area contributed by atoms with Crippen molar-refractivity contribution in [2.75, 3.05) is 0 Å². The SMILES string of the molecule is CCc1occc1C(=O)NC(CC)/C(N)=N/O. The summed E-state index contributed by atoms with van der Waals surface area (Å²) in [4.78, 5) is 11.9. The van der Waals surface area contributed by atoms with Crippen LogP contribution in [0.3, 0.4) is 0 Å². The number of aryl methyl sites for hydroxylation is 1. The van der Waals surface area contributed by atoms with Crippen LogP contribution in [0.25, 0.3) is 0 Å². The molecule has 0 spiro atoms. The standard InChI is InChI=1S/C11H17N3O3/c1-3-8(10(12)14-16)13-11(15)7-5-6-17-9(7)4-2/h5-6,8,16H,3-4H2,1-2H3,(H2,12,14)(H,13,15). The molecule has 1 rings (SSSR count). The minimum Gasteiger partial charge on any atom is -0.469 e. The van der Waals surface area contributed by atoms with Gasteiger partial charge < -0.3 is 20.7 Å². The minimum absolute atomic E-state index is 0.0117. The van der Waals surface area contributed by atoms with Gasteiger partial charge in [0.15, 0.2) is 5.84 Å². The smallest absolute Gasteiger partial charge is 0.255 e. The number of nitrogens with one attached hydrogen (secondary N) is 1. The number of nitrogens with two attached hydrogens (primary N) is 1. The lowest BCUT2D eigenvalue weighted by Gasteiger charge is -2.14. The molecule has 6 nitrogen and oxygen atoms in total. The fraction of sp³-hybridized carbons (Fsp3) is 0.455. The normalized spacial score (nSPS) is 13.4. The molecular formula is C11H17N3O3. The first-order chi connectivity index (χ1) is 8.13. The number of oxime groups is 1. The summed E-state index contributed by atoms with van der Waals surface area (Å²) in [5.41, 5.74) is 5.94. The molecule has 1 unspecified atom stereocenters. The lowest BCUT2D eigenvalue weighted by molar-refractivity contribution is 0.0943. The van der Waals surface area contributed by atoms with Gasteiger partial charge in [-0.15, -0.1) is 0 Å². The van der Waals surface area contributed by atoms with Crippen molar-refractivity contribution in [3.63, 3.8) is 0 Å². The Hall–Kier alpha value is -1.98. The van der Waals surface area contributed by atoms with Crippen LogP contribution in [0.4, 0.5) is 0 Å². The second kappa shape index (κ2) is 5.93. The molecule has 94 valence electrons. The Balaban J connectivity index is 2.78. The van der Waals surface area contributed by atoms with E-state index in [1.807, 2.05) is 13.8 Å². The van der Waals surface area contributed by atoms with Gasteiger partial charge in [-0.25, -0.2) is 0 Å². The third-order valence-electron chi connectivity index (χ3n) is 2.50. The van der Waals surface area contributed by atoms with Gasteiger partial charge in [0.05, 0.1) is 17.9 Å². The molecule has 6 heteroatoms. The fourth-order valence-corrected chi connectivity index (χ4v) is 1.51. The molecule has 1 aromatic heterocycles. The second-order valence-electron chi connectivity index (χ2n) is 3.57. The summed E-state index contributed by atoms with van der Waals surface area (Å²) in [5, 5.41) is 14.1. The zero-order valence-corrected chi connectivity index (χ0v) is 9.93. The summed E-state index contributed by atoms with van der Waals surface area (Å²) < 4.78 is 5.17. The number of carbonyl (C=O) groups excluding carboxylic acids is 1. The molecule has 0 aliphatic rings. The van der Waals surface area contributed by atoms with Crippen LogP contribution in [-0.2, 0) is 6.42 Å². The van der Waals surface area contributed by atoms with E-state index < -0.39 is 6.04 Å². The molecule has 1 heterocycles. The van der Waals surface area contributed by atoms with E-state index in [-0.39, 0.29) is 11.7 Å². The van der Waals surface area contributed by atoms with Gasteiger partial charge in [0, 0.05) is 6.42 Å². The summed E-state index contributed by atoms with van der Waals surface area (Å²) in [6.45, 7) is 3.73. The van der Waals surface area contributed by atoms with Crippen molar-refractivity contribution in [3.8, 4) is 0 Å². The quantitative estimate of drug-likeness (QED) is 0.310. The topological polar surface area (TPSA) is 101 Å². The maximum atomic E-state index is 11.9. The molecule has 1 atom stereocenters. The van der Waals surface area contributed by atoms with Crippen LogP contribution in [0.1, 0.15) is 36.4 Å². The Morgan fingerprint density at radius 2 is 2.35 bits per heavy atom.